The van der Waals surface area contributed by atoms with Crippen LogP contribution in [0.5, 0.6) is 0 Å². The smallest absolute Gasteiger partial charge is 0.257 e. The number of aryl methyl sites for hydroxylation is 1. The van der Waals surface area contributed by atoms with E-state index in [4.69, 9.17) is 10.9 Å². The minimum atomic E-state index is -0.297. The first-order chi connectivity index (χ1) is 9.63. The number of nitrogens with zero attached hydrogens (tertiary/aromatic N) is 2. The quantitative estimate of drug-likeness (QED) is 0.342. The number of amides is 1. The molecule has 2 aromatic rings. The molecule has 6 heteroatoms. The van der Waals surface area contributed by atoms with Gasteiger partial charge in [0.25, 0.3) is 5.91 Å². The van der Waals surface area contributed by atoms with Crippen LogP contribution in [-0.4, -0.2) is 21.9 Å². The van der Waals surface area contributed by atoms with E-state index in [0.29, 0.717) is 22.5 Å². The van der Waals surface area contributed by atoms with Gasteiger partial charge in [0.2, 0.25) is 0 Å². The average Bonchev–Trinajstić information content (AvgIpc) is 2.47. The fourth-order valence-corrected chi connectivity index (χ4v) is 1.78. The number of rotatable bonds is 3. The zero-order valence-corrected chi connectivity index (χ0v) is 10.9. The second-order valence-corrected chi connectivity index (χ2v) is 4.12. The van der Waals surface area contributed by atoms with Crippen LogP contribution >= 0.6 is 0 Å². The molecule has 0 saturated heterocycles. The second kappa shape index (κ2) is 5.83. The highest BCUT2D eigenvalue weighted by molar-refractivity contribution is 6.10. The molecule has 0 aliphatic carbocycles. The van der Waals surface area contributed by atoms with Gasteiger partial charge in [-0.2, -0.15) is 0 Å². The molecule has 0 fully saturated rings. The van der Waals surface area contributed by atoms with E-state index in [1.54, 1.807) is 49.5 Å². The van der Waals surface area contributed by atoms with Gasteiger partial charge in [0, 0.05) is 17.5 Å². The maximum Gasteiger partial charge on any atom is 0.257 e. The normalized spacial score (nSPS) is 11.2. The summed E-state index contributed by atoms with van der Waals surface area (Å²) >= 11 is 0. The van der Waals surface area contributed by atoms with Crippen molar-refractivity contribution in [2.45, 2.75) is 6.92 Å². The molecule has 1 amide bonds. The Balaban J connectivity index is 2.32. The summed E-state index contributed by atoms with van der Waals surface area (Å²) in [6.45, 7) is 1.75. The monoisotopic (exact) mass is 270 g/mol. The van der Waals surface area contributed by atoms with E-state index in [2.05, 4.69) is 15.5 Å². The Kier molecular flexibility index (Phi) is 3.95. The molecule has 0 unspecified atom stereocenters. The van der Waals surface area contributed by atoms with Crippen LogP contribution in [0.15, 0.2) is 47.8 Å². The summed E-state index contributed by atoms with van der Waals surface area (Å²) in [4.78, 5) is 16.3. The first-order valence-corrected chi connectivity index (χ1v) is 5.93. The zero-order valence-electron chi connectivity index (χ0n) is 10.9. The Bertz CT molecular complexity index is 668. The predicted octanol–water partition coefficient (Wildman–Crippen LogP) is 1.74. The van der Waals surface area contributed by atoms with Crippen molar-refractivity contribution in [2.24, 2.45) is 10.9 Å². The van der Waals surface area contributed by atoms with Gasteiger partial charge in [0.15, 0.2) is 5.84 Å². The van der Waals surface area contributed by atoms with E-state index in [1.165, 1.54) is 0 Å². The topological polar surface area (TPSA) is 101 Å². The highest BCUT2D eigenvalue weighted by atomic mass is 16.4. The Morgan fingerprint density at radius 2 is 1.95 bits per heavy atom. The largest absolute Gasteiger partial charge is 0.409 e. The molecule has 2 rings (SSSR count). The Hall–Kier alpha value is -2.89. The van der Waals surface area contributed by atoms with Gasteiger partial charge in [-0.1, -0.05) is 17.3 Å². The number of oxime groups is 1. The number of carbonyl (C=O) groups is 1. The van der Waals surface area contributed by atoms with Crippen molar-refractivity contribution in [3.8, 4) is 0 Å². The van der Waals surface area contributed by atoms with Crippen LogP contribution in [0.4, 0.5) is 5.69 Å². The summed E-state index contributed by atoms with van der Waals surface area (Å²) in [6.07, 6.45) is 1.62. The Morgan fingerprint density at radius 3 is 2.65 bits per heavy atom. The number of benzene rings is 1. The highest BCUT2D eigenvalue weighted by Gasteiger charge is 2.13. The van der Waals surface area contributed by atoms with Crippen molar-refractivity contribution in [2.75, 3.05) is 5.32 Å². The van der Waals surface area contributed by atoms with Crippen LogP contribution in [0.3, 0.4) is 0 Å². The molecule has 1 aromatic heterocycles. The molecule has 0 aliphatic rings. The van der Waals surface area contributed by atoms with E-state index in [-0.39, 0.29) is 11.7 Å². The number of amidine groups is 1. The standard InChI is InChI=1S/C14H14N4O2/c1-9-10(6-4-8-16-9)14(19)17-12-7-3-2-5-11(12)13(15)18-20/h2-8,20H,1H3,(H2,15,18)(H,17,19). The van der Waals surface area contributed by atoms with Gasteiger partial charge >= 0.3 is 0 Å². The number of hydrogen-bond donors (Lipinski definition) is 3. The van der Waals surface area contributed by atoms with E-state index >= 15 is 0 Å². The average molecular weight is 270 g/mol. The molecule has 1 aromatic carbocycles. The van der Waals surface area contributed by atoms with Crippen molar-refractivity contribution in [3.63, 3.8) is 0 Å². The van der Waals surface area contributed by atoms with Crippen molar-refractivity contribution >= 4 is 17.4 Å². The predicted molar refractivity (Wildman–Crippen MR) is 75.9 cm³/mol. The summed E-state index contributed by atoms with van der Waals surface area (Å²) in [5.74, 6) is -0.363. The fourth-order valence-electron chi connectivity index (χ4n) is 1.78. The molecule has 20 heavy (non-hydrogen) atoms. The van der Waals surface area contributed by atoms with Gasteiger partial charge in [0.1, 0.15) is 0 Å². The van der Waals surface area contributed by atoms with Crippen molar-refractivity contribution < 1.29 is 10.0 Å². The van der Waals surface area contributed by atoms with Crippen LogP contribution in [0.25, 0.3) is 0 Å². The van der Waals surface area contributed by atoms with Gasteiger partial charge in [-0.15, -0.1) is 0 Å². The summed E-state index contributed by atoms with van der Waals surface area (Å²) in [5, 5.41) is 14.4. The molecule has 102 valence electrons. The first kappa shape index (κ1) is 13.5. The lowest BCUT2D eigenvalue weighted by Gasteiger charge is -2.10. The van der Waals surface area contributed by atoms with Crippen LogP contribution in [-0.2, 0) is 0 Å². The fraction of sp³-hybridized carbons (Fsp3) is 0.0714. The van der Waals surface area contributed by atoms with Gasteiger partial charge in [-0.05, 0) is 31.2 Å². The number of aromatic nitrogens is 1. The van der Waals surface area contributed by atoms with Gasteiger partial charge in [-0.25, -0.2) is 0 Å². The molecule has 0 aliphatic heterocycles. The number of para-hydroxylation sites is 1. The molecule has 0 bridgehead atoms. The number of hydrogen-bond acceptors (Lipinski definition) is 4. The molecule has 6 nitrogen and oxygen atoms in total. The minimum absolute atomic E-state index is 0.0659. The maximum absolute atomic E-state index is 12.2. The molecular weight excluding hydrogens is 256 g/mol. The van der Waals surface area contributed by atoms with Crippen LogP contribution in [0, 0.1) is 6.92 Å². The third-order valence-corrected chi connectivity index (χ3v) is 2.81. The van der Waals surface area contributed by atoms with E-state index in [1.807, 2.05) is 0 Å². The van der Waals surface area contributed by atoms with Crippen molar-refractivity contribution in [1.29, 1.82) is 0 Å². The molecule has 0 radical (unpaired) electrons. The van der Waals surface area contributed by atoms with Crippen LogP contribution < -0.4 is 11.1 Å². The Morgan fingerprint density at radius 1 is 1.25 bits per heavy atom. The molecule has 4 N–H and O–H groups in total. The zero-order chi connectivity index (χ0) is 14.5. The third kappa shape index (κ3) is 2.74. The van der Waals surface area contributed by atoms with E-state index in [9.17, 15) is 4.79 Å². The number of pyridine rings is 1. The van der Waals surface area contributed by atoms with Gasteiger partial charge < -0.3 is 16.3 Å². The number of carbonyl (C=O) groups excluding carboxylic acids is 1. The molecule has 0 saturated carbocycles. The highest BCUT2D eigenvalue weighted by Crippen LogP contribution is 2.16. The summed E-state index contributed by atoms with van der Waals surface area (Å²) in [6, 6.07) is 10.2. The lowest BCUT2D eigenvalue weighted by molar-refractivity contribution is 0.102. The van der Waals surface area contributed by atoms with Crippen LogP contribution in [0.1, 0.15) is 21.6 Å². The summed E-state index contributed by atoms with van der Waals surface area (Å²) < 4.78 is 0. The van der Waals surface area contributed by atoms with Crippen molar-refractivity contribution in [1.82, 2.24) is 4.98 Å². The van der Waals surface area contributed by atoms with E-state index in [0.717, 1.165) is 0 Å². The second-order valence-electron chi connectivity index (χ2n) is 4.12. The minimum Gasteiger partial charge on any atom is -0.409 e. The maximum atomic E-state index is 12.2. The number of nitrogens with two attached hydrogens (primary N) is 1. The molecule has 0 spiro atoms. The first-order valence-electron chi connectivity index (χ1n) is 5.93. The number of anilines is 1. The SMILES string of the molecule is Cc1ncccc1C(=O)Nc1ccccc1/C(N)=N/O. The van der Waals surface area contributed by atoms with Gasteiger partial charge in [-0.3, -0.25) is 9.78 Å². The number of nitrogens with one attached hydrogen (secondary N) is 1. The van der Waals surface area contributed by atoms with Gasteiger partial charge in [0.05, 0.1) is 11.3 Å². The van der Waals surface area contributed by atoms with E-state index < -0.39 is 0 Å². The molecule has 0 atom stereocenters. The summed E-state index contributed by atoms with van der Waals surface area (Å²) in [7, 11) is 0. The molecular formula is C14H14N4O2. The lowest BCUT2D eigenvalue weighted by atomic mass is 10.1. The summed E-state index contributed by atoms with van der Waals surface area (Å²) in [5.41, 5.74) is 7.60. The van der Waals surface area contributed by atoms with Crippen molar-refractivity contribution in [3.05, 3.63) is 59.4 Å². The Labute approximate surface area is 115 Å². The third-order valence-electron chi connectivity index (χ3n) is 2.81. The molecule has 1 heterocycles. The lowest BCUT2D eigenvalue weighted by Crippen LogP contribution is -2.19. The van der Waals surface area contributed by atoms with Crippen LogP contribution in [0.2, 0.25) is 0 Å².